The van der Waals surface area contributed by atoms with Crippen molar-refractivity contribution in [2.24, 2.45) is 0 Å². The van der Waals surface area contributed by atoms with Crippen LogP contribution in [0.15, 0.2) is 54.6 Å². The van der Waals surface area contributed by atoms with Gasteiger partial charge < -0.3 is 14.8 Å². The van der Waals surface area contributed by atoms with Crippen molar-refractivity contribution < 1.29 is 39.9 Å². The van der Waals surface area contributed by atoms with Gasteiger partial charge in [-0.15, -0.1) is 0 Å². The van der Waals surface area contributed by atoms with Gasteiger partial charge in [0.25, 0.3) is 0 Å². The number of rotatable bonds is 11. The summed E-state index contributed by atoms with van der Waals surface area (Å²) in [5.41, 5.74) is -0.0897. The van der Waals surface area contributed by atoms with Gasteiger partial charge in [0.1, 0.15) is 28.7 Å². The van der Waals surface area contributed by atoms with Crippen LogP contribution in [-0.4, -0.2) is 33.8 Å². The molecule has 0 spiro atoms. The van der Waals surface area contributed by atoms with Gasteiger partial charge in [0, 0.05) is 12.6 Å². The third kappa shape index (κ3) is 9.27. The Morgan fingerprint density at radius 2 is 1.70 bits per heavy atom. The number of carbonyl (C=O) groups is 1. The number of carbonyl (C=O) groups excluding carboxylic acids is 1. The van der Waals surface area contributed by atoms with Crippen molar-refractivity contribution in [2.75, 3.05) is 10.0 Å². The predicted molar refractivity (Wildman–Crippen MR) is 158 cm³/mol. The highest BCUT2D eigenvalue weighted by Gasteiger charge is 2.37. The highest BCUT2D eigenvalue weighted by atomic mass is 32.2. The molecule has 1 aliphatic rings. The maximum Gasteiger partial charge on any atom is 0.422 e. The van der Waals surface area contributed by atoms with Crippen molar-refractivity contribution in [3.05, 3.63) is 77.4 Å². The summed E-state index contributed by atoms with van der Waals surface area (Å²) in [6, 6.07) is 12.4. The largest absolute Gasteiger partial charge is 0.455 e. The van der Waals surface area contributed by atoms with E-state index in [4.69, 9.17) is 9.47 Å². The Labute approximate surface area is 249 Å². The summed E-state index contributed by atoms with van der Waals surface area (Å²) in [4.78, 5) is 11.8. The van der Waals surface area contributed by atoms with E-state index in [2.05, 4.69) is 14.8 Å². The molecular formula is C28H32F2N4O7S2. The SMILES string of the molecule is Cc1ccc(Nc2cc(F)cc(Oc3cccc(CNS(=O)(=O)NC(=O)OC(C)(C)C)c3)c2NS(=O)(=O)C2CC2)c(F)c1. The highest BCUT2D eigenvalue weighted by Crippen LogP contribution is 2.41. The van der Waals surface area contributed by atoms with E-state index in [1.54, 1.807) is 44.5 Å². The van der Waals surface area contributed by atoms with E-state index in [0.29, 0.717) is 24.0 Å². The topological polar surface area (TPSA) is 152 Å². The Morgan fingerprint density at radius 1 is 0.977 bits per heavy atom. The minimum absolute atomic E-state index is 0.0108. The lowest BCUT2D eigenvalue weighted by atomic mass is 10.2. The fraction of sp³-hybridized carbons (Fsp3) is 0.321. The van der Waals surface area contributed by atoms with Crippen molar-refractivity contribution in [3.8, 4) is 11.5 Å². The van der Waals surface area contributed by atoms with Gasteiger partial charge >= 0.3 is 16.3 Å². The Morgan fingerprint density at radius 3 is 2.35 bits per heavy atom. The number of ether oxygens (including phenoxy) is 2. The average molecular weight is 639 g/mol. The molecule has 1 aliphatic carbocycles. The van der Waals surface area contributed by atoms with E-state index in [-0.39, 0.29) is 35.1 Å². The summed E-state index contributed by atoms with van der Waals surface area (Å²) in [5.74, 6) is -1.53. The van der Waals surface area contributed by atoms with Gasteiger partial charge in [0.05, 0.1) is 16.6 Å². The first-order valence-corrected chi connectivity index (χ1v) is 16.2. The third-order valence-electron chi connectivity index (χ3n) is 5.88. The molecule has 1 saturated carbocycles. The molecule has 11 nitrogen and oxygen atoms in total. The molecule has 0 unspecified atom stereocenters. The summed E-state index contributed by atoms with van der Waals surface area (Å²) in [6.07, 6.45) is -0.231. The maximum atomic E-state index is 14.8. The summed E-state index contributed by atoms with van der Waals surface area (Å²) in [7, 11) is -8.14. The number of benzene rings is 3. The van der Waals surface area contributed by atoms with Crippen molar-refractivity contribution in [1.29, 1.82) is 0 Å². The van der Waals surface area contributed by atoms with Gasteiger partial charge in [-0.25, -0.2) is 26.7 Å². The Balaban J connectivity index is 1.59. The lowest BCUT2D eigenvalue weighted by Gasteiger charge is -2.20. The van der Waals surface area contributed by atoms with Crippen molar-refractivity contribution in [2.45, 2.75) is 57.9 Å². The van der Waals surface area contributed by atoms with Gasteiger partial charge in [-0.05, 0) is 82.0 Å². The molecule has 15 heteroatoms. The number of anilines is 3. The summed E-state index contributed by atoms with van der Waals surface area (Å²) in [6.45, 7) is 6.18. The standard InChI is InChI=1S/C28H32F2N4O7S2/c1-17-8-11-23(22(30)12-17)32-24-14-19(29)15-25(26(24)33-42(36,37)21-9-10-21)40-20-7-5-6-18(13-20)16-31-43(38,39)34-27(35)41-28(2,3)4/h5-8,11-15,21,31-33H,9-10,16H2,1-4H3,(H,34,35). The van der Waals surface area contributed by atoms with Gasteiger partial charge in [0.2, 0.25) is 10.0 Å². The average Bonchev–Trinajstić information content (AvgIpc) is 3.72. The number of halogens is 2. The normalized spacial score (nSPS) is 13.7. The number of hydrogen-bond acceptors (Lipinski definition) is 8. The van der Waals surface area contributed by atoms with Crippen LogP contribution >= 0.6 is 0 Å². The molecule has 3 aromatic carbocycles. The van der Waals surface area contributed by atoms with Gasteiger partial charge in [-0.1, -0.05) is 18.2 Å². The highest BCUT2D eigenvalue weighted by molar-refractivity contribution is 7.93. The van der Waals surface area contributed by atoms with E-state index in [1.165, 1.54) is 30.3 Å². The van der Waals surface area contributed by atoms with Crippen LogP contribution in [0.25, 0.3) is 0 Å². The third-order valence-corrected chi connectivity index (χ3v) is 8.68. The second kappa shape index (κ2) is 12.3. The molecule has 0 aliphatic heterocycles. The van der Waals surface area contributed by atoms with Crippen LogP contribution in [-0.2, 0) is 31.5 Å². The smallest absolute Gasteiger partial charge is 0.422 e. The molecule has 1 amide bonds. The van der Waals surface area contributed by atoms with Gasteiger partial charge in [-0.3, -0.25) is 4.72 Å². The zero-order valence-electron chi connectivity index (χ0n) is 23.8. The van der Waals surface area contributed by atoms with E-state index >= 15 is 0 Å². The van der Waals surface area contributed by atoms with Crippen LogP contribution in [0, 0.1) is 18.6 Å². The first-order valence-electron chi connectivity index (χ1n) is 13.2. The van der Waals surface area contributed by atoms with E-state index < -0.39 is 48.8 Å². The van der Waals surface area contributed by atoms with Crippen LogP contribution in [0.3, 0.4) is 0 Å². The van der Waals surface area contributed by atoms with Crippen LogP contribution in [0.4, 0.5) is 30.6 Å². The molecule has 0 atom stereocenters. The first-order chi connectivity index (χ1) is 20.0. The van der Waals surface area contributed by atoms with Crippen LogP contribution < -0.4 is 24.2 Å². The molecule has 4 N–H and O–H groups in total. The molecular weight excluding hydrogens is 606 g/mol. The monoisotopic (exact) mass is 638 g/mol. The Bertz CT molecular complexity index is 1740. The van der Waals surface area contributed by atoms with Crippen LogP contribution in [0.1, 0.15) is 44.7 Å². The first kappa shape index (κ1) is 32.0. The zero-order chi connectivity index (χ0) is 31.6. The summed E-state index contributed by atoms with van der Waals surface area (Å²) in [5, 5.41) is 2.13. The Hall–Kier alpha value is -3.95. The van der Waals surface area contributed by atoms with Crippen LogP contribution in [0.2, 0.25) is 0 Å². The zero-order valence-corrected chi connectivity index (χ0v) is 25.5. The summed E-state index contributed by atoms with van der Waals surface area (Å²) < 4.78 is 97.0. The minimum atomic E-state index is -4.28. The molecule has 43 heavy (non-hydrogen) atoms. The van der Waals surface area contributed by atoms with Gasteiger partial charge in [-0.2, -0.15) is 13.1 Å². The van der Waals surface area contributed by atoms with E-state index in [0.717, 1.165) is 12.1 Å². The van der Waals surface area contributed by atoms with E-state index in [1.807, 2.05) is 0 Å². The minimum Gasteiger partial charge on any atom is -0.455 e. The second-order valence-corrected chi connectivity index (χ2v) is 14.4. The molecule has 4 rings (SSSR count). The molecule has 0 bridgehead atoms. The van der Waals surface area contributed by atoms with Gasteiger partial charge in [0.15, 0.2) is 5.75 Å². The second-order valence-electron chi connectivity index (χ2n) is 11.0. The number of sulfonamides is 1. The predicted octanol–water partition coefficient (Wildman–Crippen LogP) is 5.57. The molecule has 0 radical (unpaired) electrons. The van der Waals surface area contributed by atoms with Crippen LogP contribution in [0.5, 0.6) is 11.5 Å². The van der Waals surface area contributed by atoms with Crippen molar-refractivity contribution >= 4 is 43.4 Å². The summed E-state index contributed by atoms with van der Waals surface area (Å²) >= 11 is 0. The fourth-order valence-corrected chi connectivity index (χ4v) is 5.91. The lowest BCUT2D eigenvalue weighted by Crippen LogP contribution is -2.42. The molecule has 3 aromatic rings. The molecule has 0 saturated heterocycles. The molecule has 0 aromatic heterocycles. The molecule has 0 heterocycles. The number of aryl methyl sites for hydroxylation is 1. The Kier molecular flexibility index (Phi) is 9.18. The molecule has 1 fully saturated rings. The van der Waals surface area contributed by atoms with Crippen molar-refractivity contribution in [3.63, 3.8) is 0 Å². The quantitative estimate of drug-likeness (QED) is 0.213. The lowest BCUT2D eigenvalue weighted by molar-refractivity contribution is 0.0569. The fourth-order valence-electron chi connectivity index (χ4n) is 3.81. The maximum absolute atomic E-state index is 14.8. The molecule has 232 valence electrons. The number of amides is 1. The number of hydrogen-bond donors (Lipinski definition) is 4. The van der Waals surface area contributed by atoms with E-state index in [9.17, 15) is 30.4 Å². The number of nitrogens with one attached hydrogen (secondary N) is 4. The van der Waals surface area contributed by atoms with Crippen molar-refractivity contribution in [1.82, 2.24) is 9.44 Å².